The van der Waals surface area contributed by atoms with Crippen molar-refractivity contribution in [2.75, 3.05) is 26.7 Å². The third-order valence-corrected chi connectivity index (χ3v) is 5.13. The molecule has 1 heterocycles. The zero-order valence-electron chi connectivity index (χ0n) is 15.1. The molecule has 1 aliphatic heterocycles. The van der Waals surface area contributed by atoms with Gasteiger partial charge in [0.1, 0.15) is 5.75 Å². The average Bonchev–Trinajstić information content (AvgIpc) is 3.15. The number of hydrogen-bond acceptors (Lipinski definition) is 4. The van der Waals surface area contributed by atoms with Gasteiger partial charge in [0, 0.05) is 31.7 Å². The monoisotopic (exact) mass is 340 g/mol. The highest BCUT2D eigenvalue weighted by atomic mass is 16.5. The SMILES string of the molecule is COc1cccc(C(O)CNC2CCN(C(C)c3ccccc3)C2)c1. The molecule has 0 bridgehead atoms. The largest absolute Gasteiger partial charge is 0.497 e. The Labute approximate surface area is 150 Å². The number of likely N-dealkylation sites (tertiary alicyclic amines) is 1. The molecule has 3 rings (SSSR count). The minimum Gasteiger partial charge on any atom is -0.497 e. The highest BCUT2D eigenvalue weighted by Gasteiger charge is 2.26. The van der Waals surface area contributed by atoms with Gasteiger partial charge in [0.25, 0.3) is 0 Å². The fourth-order valence-electron chi connectivity index (χ4n) is 3.49. The Bertz CT molecular complexity index is 662. The number of aliphatic hydroxyl groups excluding tert-OH is 1. The summed E-state index contributed by atoms with van der Waals surface area (Å²) in [6, 6.07) is 19.1. The van der Waals surface area contributed by atoms with Crippen LogP contribution in [0, 0.1) is 0 Å². The third-order valence-electron chi connectivity index (χ3n) is 5.13. The standard InChI is InChI=1S/C21H28N2O2/c1-16(17-7-4-3-5-8-17)23-12-11-19(15-23)22-14-21(24)18-9-6-10-20(13-18)25-2/h3-10,13,16,19,21-22,24H,11-12,14-15H2,1-2H3. The minimum absolute atomic E-state index is 0.423. The molecule has 0 aromatic heterocycles. The van der Waals surface area contributed by atoms with E-state index >= 15 is 0 Å². The fourth-order valence-corrected chi connectivity index (χ4v) is 3.49. The van der Waals surface area contributed by atoms with E-state index in [1.165, 1.54) is 5.56 Å². The lowest BCUT2D eigenvalue weighted by Gasteiger charge is -2.25. The smallest absolute Gasteiger partial charge is 0.119 e. The second-order valence-corrected chi connectivity index (χ2v) is 6.77. The van der Waals surface area contributed by atoms with E-state index in [0.29, 0.717) is 18.6 Å². The first kappa shape index (κ1) is 17.9. The number of nitrogens with zero attached hydrogens (tertiary/aromatic N) is 1. The third kappa shape index (κ3) is 4.60. The molecule has 2 aromatic rings. The maximum atomic E-state index is 10.4. The predicted octanol–water partition coefficient (Wildman–Crippen LogP) is 3.15. The van der Waals surface area contributed by atoms with Crippen molar-refractivity contribution in [3.63, 3.8) is 0 Å². The van der Waals surface area contributed by atoms with E-state index in [9.17, 15) is 5.11 Å². The summed E-state index contributed by atoms with van der Waals surface area (Å²) in [6.07, 6.45) is 0.595. The number of ether oxygens (including phenoxy) is 1. The number of rotatable bonds is 7. The van der Waals surface area contributed by atoms with Crippen LogP contribution in [0.5, 0.6) is 5.75 Å². The first-order valence-corrected chi connectivity index (χ1v) is 9.01. The summed E-state index contributed by atoms with van der Waals surface area (Å²) in [5.41, 5.74) is 2.25. The molecule has 1 aliphatic rings. The van der Waals surface area contributed by atoms with Gasteiger partial charge in [0.05, 0.1) is 13.2 Å². The zero-order chi connectivity index (χ0) is 17.6. The minimum atomic E-state index is -0.518. The Hall–Kier alpha value is -1.88. The van der Waals surface area contributed by atoms with Gasteiger partial charge in [-0.1, -0.05) is 42.5 Å². The van der Waals surface area contributed by atoms with Crippen LogP contribution >= 0.6 is 0 Å². The summed E-state index contributed by atoms with van der Waals surface area (Å²) in [4.78, 5) is 2.50. The predicted molar refractivity (Wildman–Crippen MR) is 101 cm³/mol. The molecular weight excluding hydrogens is 312 g/mol. The average molecular weight is 340 g/mol. The lowest BCUT2D eigenvalue weighted by molar-refractivity contribution is 0.168. The van der Waals surface area contributed by atoms with E-state index in [-0.39, 0.29) is 0 Å². The van der Waals surface area contributed by atoms with E-state index in [0.717, 1.165) is 30.8 Å². The van der Waals surface area contributed by atoms with Gasteiger partial charge >= 0.3 is 0 Å². The van der Waals surface area contributed by atoms with Gasteiger partial charge in [0.15, 0.2) is 0 Å². The molecule has 134 valence electrons. The van der Waals surface area contributed by atoms with Gasteiger partial charge in [0.2, 0.25) is 0 Å². The van der Waals surface area contributed by atoms with E-state index in [2.05, 4.69) is 47.5 Å². The summed E-state index contributed by atoms with van der Waals surface area (Å²) in [7, 11) is 1.64. The number of hydrogen-bond donors (Lipinski definition) is 2. The highest BCUT2D eigenvalue weighted by molar-refractivity contribution is 5.30. The van der Waals surface area contributed by atoms with Crippen LogP contribution in [0.2, 0.25) is 0 Å². The summed E-state index contributed by atoms with van der Waals surface area (Å²) >= 11 is 0. The van der Waals surface area contributed by atoms with Crippen molar-refractivity contribution in [2.24, 2.45) is 0 Å². The van der Waals surface area contributed by atoms with Crippen LogP contribution < -0.4 is 10.1 Å². The van der Waals surface area contributed by atoms with Crippen molar-refractivity contribution in [3.05, 3.63) is 65.7 Å². The Kier molecular flexibility index (Phi) is 6.08. The number of aliphatic hydroxyl groups is 1. The van der Waals surface area contributed by atoms with Crippen molar-refractivity contribution in [3.8, 4) is 5.75 Å². The van der Waals surface area contributed by atoms with Gasteiger partial charge in [-0.2, -0.15) is 0 Å². The van der Waals surface area contributed by atoms with Crippen molar-refractivity contribution in [2.45, 2.75) is 31.5 Å². The number of methoxy groups -OCH3 is 1. The Balaban J connectivity index is 1.50. The fraction of sp³-hybridized carbons (Fsp3) is 0.429. The van der Waals surface area contributed by atoms with Crippen LogP contribution in [0.3, 0.4) is 0 Å². The van der Waals surface area contributed by atoms with E-state index < -0.39 is 6.10 Å². The molecule has 1 saturated heterocycles. The van der Waals surface area contributed by atoms with E-state index in [1.807, 2.05) is 24.3 Å². The van der Waals surface area contributed by atoms with Crippen LogP contribution in [0.4, 0.5) is 0 Å². The molecule has 0 radical (unpaired) electrons. The first-order valence-electron chi connectivity index (χ1n) is 9.01. The van der Waals surface area contributed by atoms with Crippen molar-refractivity contribution < 1.29 is 9.84 Å². The quantitative estimate of drug-likeness (QED) is 0.813. The molecule has 0 saturated carbocycles. The lowest BCUT2D eigenvalue weighted by atomic mass is 10.1. The maximum absolute atomic E-state index is 10.4. The van der Waals surface area contributed by atoms with E-state index in [4.69, 9.17) is 4.74 Å². The molecule has 0 aliphatic carbocycles. The van der Waals surface area contributed by atoms with Crippen molar-refractivity contribution in [1.29, 1.82) is 0 Å². The van der Waals surface area contributed by atoms with E-state index in [1.54, 1.807) is 7.11 Å². The Morgan fingerprint density at radius 1 is 1.16 bits per heavy atom. The van der Waals surface area contributed by atoms with Crippen molar-refractivity contribution in [1.82, 2.24) is 10.2 Å². The van der Waals surface area contributed by atoms with Crippen LogP contribution in [-0.4, -0.2) is 42.8 Å². The van der Waals surface area contributed by atoms with Gasteiger partial charge in [-0.15, -0.1) is 0 Å². The van der Waals surface area contributed by atoms with Crippen LogP contribution in [0.1, 0.15) is 36.6 Å². The molecule has 3 atom stereocenters. The van der Waals surface area contributed by atoms with Gasteiger partial charge in [-0.25, -0.2) is 0 Å². The number of nitrogens with one attached hydrogen (secondary N) is 1. The highest BCUT2D eigenvalue weighted by Crippen LogP contribution is 2.25. The Morgan fingerprint density at radius 2 is 1.92 bits per heavy atom. The number of benzene rings is 2. The molecule has 2 N–H and O–H groups in total. The normalized spacial score (nSPS) is 20.4. The topological polar surface area (TPSA) is 44.7 Å². The second kappa shape index (κ2) is 8.48. The Morgan fingerprint density at radius 3 is 2.68 bits per heavy atom. The first-order chi connectivity index (χ1) is 12.2. The molecule has 1 fully saturated rings. The van der Waals surface area contributed by atoms with Crippen LogP contribution in [0.25, 0.3) is 0 Å². The molecular formula is C21H28N2O2. The lowest BCUT2D eigenvalue weighted by Crippen LogP contribution is -2.35. The summed E-state index contributed by atoms with van der Waals surface area (Å²) in [5, 5.41) is 13.9. The maximum Gasteiger partial charge on any atom is 0.119 e. The zero-order valence-corrected chi connectivity index (χ0v) is 15.1. The molecule has 2 aromatic carbocycles. The van der Waals surface area contributed by atoms with Gasteiger partial charge < -0.3 is 15.2 Å². The molecule has 25 heavy (non-hydrogen) atoms. The van der Waals surface area contributed by atoms with Crippen LogP contribution in [-0.2, 0) is 0 Å². The second-order valence-electron chi connectivity index (χ2n) is 6.77. The molecule has 3 unspecified atom stereocenters. The molecule has 0 amide bonds. The summed E-state index contributed by atoms with van der Waals surface area (Å²) < 4.78 is 5.23. The van der Waals surface area contributed by atoms with Crippen LogP contribution in [0.15, 0.2) is 54.6 Å². The summed E-state index contributed by atoms with van der Waals surface area (Å²) in [5.74, 6) is 0.778. The summed E-state index contributed by atoms with van der Waals surface area (Å²) in [6.45, 7) is 4.93. The molecule has 4 nitrogen and oxygen atoms in total. The van der Waals surface area contributed by atoms with Gasteiger partial charge in [-0.3, -0.25) is 4.90 Å². The van der Waals surface area contributed by atoms with Crippen molar-refractivity contribution >= 4 is 0 Å². The van der Waals surface area contributed by atoms with Gasteiger partial charge in [-0.05, 0) is 36.6 Å². The molecule has 0 spiro atoms. The molecule has 4 heteroatoms.